The molecule has 0 saturated carbocycles. The van der Waals surface area contributed by atoms with Crippen molar-refractivity contribution in [3.05, 3.63) is 48.3 Å². The van der Waals surface area contributed by atoms with Crippen LogP contribution in [0.1, 0.15) is 23.3 Å². The number of piperidine rings is 1. The van der Waals surface area contributed by atoms with Gasteiger partial charge in [0.1, 0.15) is 11.4 Å². The Morgan fingerprint density at radius 3 is 2.48 bits per heavy atom. The lowest BCUT2D eigenvalue weighted by Gasteiger charge is -2.37. The lowest BCUT2D eigenvalue weighted by molar-refractivity contribution is -0.181. The summed E-state index contributed by atoms with van der Waals surface area (Å²) >= 11 is 0. The van der Waals surface area contributed by atoms with Crippen molar-refractivity contribution < 1.29 is 19.0 Å². The van der Waals surface area contributed by atoms with Crippen LogP contribution in [0, 0.1) is 0 Å². The molecule has 2 aliphatic heterocycles. The predicted molar refractivity (Wildman–Crippen MR) is 100 cm³/mol. The molecule has 1 N–H and O–H groups in total. The van der Waals surface area contributed by atoms with E-state index in [1.54, 1.807) is 19.4 Å². The maximum absolute atomic E-state index is 12.8. The van der Waals surface area contributed by atoms with Gasteiger partial charge in [-0.15, -0.1) is 0 Å². The normalized spacial score (nSPS) is 18.5. The van der Waals surface area contributed by atoms with Gasteiger partial charge in [0.2, 0.25) is 0 Å². The zero-order valence-corrected chi connectivity index (χ0v) is 15.3. The minimum absolute atomic E-state index is 0.0683. The zero-order valence-electron chi connectivity index (χ0n) is 15.3. The number of pyridine rings is 1. The molecule has 2 fully saturated rings. The van der Waals surface area contributed by atoms with Crippen LogP contribution in [0.4, 0.5) is 11.4 Å². The van der Waals surface area contributed by atoms with Crippen LogP contribution < -0.4 is 10.1 Å². The van der Waals surface area contributed by atoms with Crippen molar-refractivity contribution in [1.29, 1.82) is 0 Å². The van der Waals surface area contributed by atoms with Crippen LogP contribution in [0.5, 0.6) is 5.75 Å². The summed E-state index contributed by atoms with van der Waals surface area (Å²) in [6.07, 6.45) is 3.04. The molecule has 0 bridgehead atoms. The molecule has 0 atom stereocenters. The summed E-state index contributed by atoms with van der Waals surface area (Å²) in [7, 11) is 1.64. The van der Waals surface area contributed by atoms with E-state index in [4.69, 9.17) is 14.2 Å². The van der Waals surface area contributed by atoms with E-state index in [2.05, 4.69) is 10.3 Å². The maximum atomic E-state index is 12.8. The first-order chi connectivity index (χ1) is 13.2. The van der Waals surface area contributed by atoms with Crippen molar-refractivity contribution >= 4 is 17.3 Å². The number of methoxy groups -OCH3 is 1. The van der Waals surface area contributed by atoms with Crippen molar-refractivity contribution in [2.45, 2.75) is 18.6 Å². The van der Waals surface area contributed by atoms with E-state index in [1.807, 2.05) is 35.2 Å². The number of hydrogen-bond donors (Lipinski definition) is 1. The van der Waals surface area contributed by atoms with Crippen LogP contribution in [0.3, 0.4) is 0 Å². The van der Waals surface area contributed by atoms with Gasteiger partial charge in [-0.1, -0.05) is 0 Å². The van der Waals surface area contributed by atoms with E-state index < -0.39 is 5.79 Å². The van der Waals surface area contributed by atoms with E-state index in [9.17, 15) is 4.79 Å². The fraction of sp³-hybridized carbons (Fsp3) is 0.400. The summed E-state index contributed by atoms with van der Waals surface area (Å²) < 4.78 is 16.6. The summed E-state index contributed by atoms with van der Waals surface area (Å²) in [5.74, 6) is 0.243. The molecule has 0 unspecified atom stereocenters. The highest BCUT2D eigenvalue weighted by Crippen LogP contribution is 2.31. The Kier molecular flexibility index (Phi) is 4.96. The summed E-state index contributed by atoms with van der Waals surface area (Å²) in [5, 5.41) is 3.29. The monoisotopic (exact) mass is 369 g/mol. The Hall–Kier alpha value is -2.64. The summed E-state index contributed by atoms with van der Waals surface area (Å²) in [5.41, 5.74) is 2.16. The SMILES string of the molecule is COc1ccc(Nc2ccnc(C(=O)N3CCC4(CC3)OCCO4)c2)cc1. The quantitative estimate of drug-likeness (QED) is 0.893. The van der Waals surface area contributed by atoms with Crippen molar-refractivity contribution in [3.63, 3.8) is 0 Å². The number of ether oxygens (including phenoxy) is 3. The van der Waals surface area contributed by atoms with Crippen LogP contribution in [0.25, 0.3) is 0 Å². The van der Waals surface area contributed by atoms with Gasteiger partial charge in [-0.2, -0.15) is 0 Å². The van der Waals surface area contributed by atoms with E-state index >= 15 is 0 Å². The zero-order chi connectivity index (χ0) is 18.7. The number of nitrogens with one attached hydrogen (secondary N) is 1. The van der Waals surface area contributed by atoms with Crippen LogP contribution in [-0.4, -0.2) is 55.0 Å². The first-order valence-corrected chi connectivity index (χ1v) is 9.12. The predicted octanol–water partition coefficient (Wildman–Crippen LogP) is 2.81. The largest absolute Gasteiger partial charge is 0.497 e. The van der Waals surface area contributed by atoms with Gasteiger partial charge < -0.3 is 24.4 Å². The third-order valence-corrected chi connectivity index (χ3v) is 4.98. The summed E-state index contributed by atoms with van der Waals surface area (Å²) in [4.78, 5) is 18.9. The molecule has 7 nitrogen and oxygen atoms in total. The number of rotatable bonds is 4. The molecule has 2 saturated heterocycles. The van der Waals surface area contributed by atoms with Gasteiger partial charge in [0.15, 0.2) is 5.79 Å². The van der Waals surface area contributed by atoms with Gasteiger partial charge in [0.25, 0.3) is 5.91 Å². The molecule has 4 rings (SSSR count). The van der Waals surface area contributed by atoms with Crippen molar-refractivity contribution in [1.82, 2.24) is 9.88 Å². The number of nitrogens with zero attached hydrogens (tertiary/aromatic N) is 2. The fourth-order valence-corrected chi connectivity index (χ4v) is 3.46. The van der Waals surface area contributed by atoms with Crippen molar-refractivity contribution in [2.75, 3.05) is 38.7 Å². The number of benzene rings is 1. The van der Waals surface area contributed by atoms with Gasteiger partial charge in [-0.3, -0.25) is 9.78 Å². The second-order valence-corrected chi connectivity index (χ2v) is 6.68. The highest BCUT2D eigenvalue weighted by molar-refractivity contribution is 5.93. The number of anilines is 2. The highest BCUT2D eigenvalue weighted by atomic mass is 16.7. The highest BCUT2D eigenvalue weighted by Gasteiger charge is 2.41. The molecule has 7 heteroatoms. The van der Waals surface area contributed by atoms with Gasteiger partial charge in [0.05, 0.1) is 20.3 Å². The molecule has 0 radical (unpaired) electrons. The Morgan fingerprint density at radius 2 is 1.81 bits per heavy atom. The average Bonchev–Trinajstić information content (AvgIpc) is 3.17. The Morgan fingerprint density at radius 1 is 1.11 bits per heavy atom. The van der Waals surface area contributed by atoms with Crippen LogP contribution in [0.15, 0.2) is 42.6 Å². The minimum Gasteiger partial charge on any atom is -0.497 e. The lowest BCUT2D eigenvalue weighted by Crippen LogP contribution is -2.47. The van der Waals surface area contributed by atoms with E-state index in [1.165, 1.54) is 0 Å². The molecular weight excluding hydrogens is 346 g/mol. The molecule has 27 heavy (non-hydrogen) atoms. The average molecular weight is 369 g/mol. The summed E-state index contributed by atoms with van der Waals surface area (Å²) in [6, 6.07) is 11.2. The Labute approximate surface area is 158 Å². The first kappa shape index (κ1) is 17.8. The molecule has 142 valence electrons. The number of amides is 1. The molecule has 3 heterocycles. The third kappa shape index (κ3) is 3.89. The second-order valence-electron chi connectivity index (χ2n) is 6.68. The van der Waals surface area contributed by atoms with Crippen LogP contribution in [-0.2, 0) is 9.47 Å². The number of likely N-dealkylation sites (tertiary alicyclic amines) is 1. The molecule has 1 spiro atoms. The molecular formula is C20H23N3O4. The number of aromatic nitrogens is 1. The lowest BCUT2D eigenvalue weighted by atomic mass is 10.0. The van der Waals surface area contributed by atoms with Gasteiger partial charge >= 0.3 is 0 Å². The van der Waals surface area contributed by atoms with E-state index in [0.29, 0.717) is 44.8 Å². The first-order valence-electron chi connectivity index (χ1n) is 9.12. The second kappa shape index (κ2) is 7.54. The smallest absolute Gasteiger partial charge is 0.272 e. The Bertz CT molecular complexity index is 793. The van der Waals surface area contributed by atoms with Crippen LogP contribution >= 0.6 is 0 Å². The maximum Gasteiger partial charge on any atom is 0.272 e. The van der Waals surface area contributed by atoms with Gasteiger partial charge in [-0.05, 0) is 36.4 Å². The van der Waals surface area contributed by atoms with E-state index in [-0.39, 0.29) is 5.91 Å². The molecule has 1 aromatic carbocycles. The molecule has 0 aliphatic carbocycles. The summed E-state index contributed by atoms with van der Waals surface area (Å²) in [6.45, 7) is 2.48. The van der Waals surface area contributed by atoms with Crippen molar-refractivity contribution in [3.8, 4) is 5.75 Å². The molecule has 2 aromatic rings. The van der Waals surface area contributed by atoms with Gasteiger partial charge in [0, 0.05) is 43.5 Å². The molecule has 1 aromatic heterocycles. The van der Waals surface area contributed by atoms with E-state index in [0.717, 1.165) is 17.1 Å². The number of carbonyl (C=O) groups is 1. The molecule has 2 aliphatic rings. The van der Waals surface area contributed by atoms with Crippen molar-refractivity contribution in [2.24, 2.45) is 0 Å². The minimum atomic E-state index is -0.484. The topological polar surface area (TPSA) is 72.9 Å². The van der Waals surface area contributed by atoms with Crippen LogP contribution in [0.2, 0.25) is 0 Å². The fourth-order valence-electron chi connectivity index (χ4n) is 3.46. The molecule has 1 amide bonds. The third-order valence-electron chi connectivity index (χ3n) is 4.98. The standard InChI is InChI=1S/C20H23N3O4/c1-25-17-4-2-15(3-5-17)22-16-6-9-21-18(14-16)19(24)23-10-7-20(8-11-23)26-12-13-27-20/h2-6,9,14H,7-8,10-13H2,1H3,(H,21,22). The van der Waals surface area contributed by atoms with Gasteiger partial charge in [-0.25, -0.2) is 0 Å². The number of hydrogen-bond acceptors (Lipinski definition) is 6. The number of carbonyl (C=O) groups excluding carboxylic acids is 1. The Balaban J connectivity index is 1.41.